The molecule has 1 aliphatic carbocycles. The molecule has 1 aliphatic rings. The molecule has 4 N–H and O–H groups in total. The molecule has 1 heterocycles. The van der Waals surface area contributed by atoms with Crippen molar-refractivity contribution in [3.63, 3.8) is 0 Å². The molecule has 1 aromatic carbocycles. The summed E-state index contributed by atoms with van der Waals surface area (Å²) in [5.41, 5.74) is 8.31. The molecule has 0 fully saturated rings. The van der Waals surface area contributed by atoms with Crippen LogP contribution in [0.4, 0.5) is 5.69 Å². The fraction of sp³-hybridized carbons (Fsp3) is 0.400. The van der Waals surface area contributed by atoms with E-state index in [0.29, 0.717) is 5.69 Å². The van der Waals surface area contributed by atoms with Crippen LogP contribution in [0.5, 0.6) is 0 Å². The number of amides is 1. The van der Waals surface area contributed by atoms with Crippen LogP contribution in [0.15, 0.2) is 36.8 Å². The van der Waals surface area contributed by atoms with Gasteiger partial charge in [0.05, 0.1) is 11.9 Å². The average molecular weight is 416 g/mol. The summed E-state index contributed by atoms with van der Waals surface area (Å²) in [6, 6.07) is 5.57. The van der Waals surface area contributed by atoms with Crippen molar-refractivity contribution >= 4 is 27.3 Å². The van der Waals surface area contributed by atoms with Gasteiger partial charge >= 0.3 is 0 Å². The van der Waals surface area contributed by atoms with Crippen LogP contribution < -0.4 is 11.1 Å². The molecule has 1 unspecified atom stereocenters. The fourth-order valence-electron chi connectivity index (χ4n) is 3.40. The Balaban J connectivity index is 1.86. The first-order valence-electron chi connectivity index (χ1n) is 9.39. The highest BCUT2D eigenvalue weighted by Gasteiger charge is 2.40. The zero-order valence-electron chi connectivity index (χ0n) is 16.5. The van der Waals surface area contributed by atoms with Gasteiger partial charge in [-0.1, -0.05) is 6.07 Å². The molecule has 2 aromatic rings. The van der Waals surface area contributed by atoms with E-state index in [1.54, 1.807) is 0 Å². The summed E-state index contributed by atoms with van der Waals surface area (Å²) < 4.78 is 24.4. The highest BCUT2D eigenvalue weighted by atomic mass is 32.2. The molecule has 29 heavy (non-hydrogen) atoms. The molecular formula is C20H25N5O3S. The van der Waals surface area contributed by atoms with Crippen molar-refractivity contribution in [1.29, 1.82) is 5.41 Å². The molecular weight excluding hydrogens is 390 g/mol. The molecule has 0 aliphatic heterocycles. The molecule has 154 valence electrons. The van der Waals surface area contributed by atoms with Crippen molar-refractivity contribution in [1.82, 2.24) is 9.97 Å². The van der Waals surface area contributed by atoms with Gasteiger partial charge in [0.25, 0.3) is 5.91 Å². The first-order chi connectivity index (χ1) is 13.6. The van der Waals surface area contributed by atoms with Crippen molar-refractivity contribution in [2.24, 2.45) is 5.73 Å². The molecule has 3 rings (SSSR count). The molecule has 0 saturated heterocycles. The highest BCUT2D eigenvalue weighted by Crippen LogP contribution is 2.36. The number of fused-ring (bicyclic) bond motifs is 1. The number of hydrogen-bond acceptors (Lipinski definition) is 6. The minimum Gasteiger partial charge on any atom is -0.386 e. The van der Waals surface area contributed by atoms with Gasteiger partial charge in [-0.15, -0.1) is 0 Å². The summed E-state index contributed by atoms with van der Waals surface area (Å²) >= 11 is 0. The van der Waals surface area contributed by atoms with Crippen LogP contribution in [0.2, 0.25) is 0 Å². The maximum atomic E-state index is 12.9. The second-order valence-corrected chi connectivity index (χ2v) is 10.3. The fourth-order valence-corrected chi connectivity index (χ4v) is 5.03. The minimum absolute atomic E-state index is 0.0891. The standard InChI is InChI=1S/C20H25N5O3S/c1-20(2,19(21)22)29(27,28)12-14-5-3-4-13-6-7-15(10-16(13)14)25-18(26)17-11-23-8-9-24-17/h6-11,14H,3-5,12H2,1-2H3,(H3,21,22)(H,25,26). The summed E-state index contributed by atoms with van der Waals surface area (Å²) in [5, 5.41) is 10.4. The number of benzene rings is 1. The summed E-state index contributed by atoms with van der Waals surface area (Å²) in [6.07, 6.45) is 6.79. The van der Waals surface area contributed by atoms with E-state index in [9.17, 15) is 13.2 Å². The van der Waals surface area contributed by atoms with Crippen molar-refractivity contribution in [3.05, 3.63) is 53.6 Å². The van der Waals surface area contributed by atoms with Crippen LogP contribution in [0.25, 0.3) is 0 Å². The monoisotopic (exact) mass is 415 g/mol. The summed E-state index contributed by atoms with van der Waals surface area (Å²) in [4.78, 5) is 20.2. The lowest BCUT2D eigenvalue weighted by molar-refractivity contribution is 0.102. The first kappa shape index (κ1) is 20.9. The van der Waals surface area contributed by atoms with Gasteiger partial charge in [-0.3, -0.25) is 15.2 Å². The van der Waals surface area contributed by atoms with Crippen LogP contribution in [-0.2, 0) is 16.3 Å². The molecule has 0 spiro atoms. The molecule has 9 heteroatoms. The van der Waals surface area contributed by atoms with Crippen LogP contribution in [0.1, 0.15) is 54.2 Å². The van der Waals surface area contributed by atoms with Gasteiger partial charge < -0.3 is 11.1 Å². The number of amidine groups is 1. The van der Waals surface area contributed by atoms with Crippen LogP contribution in [0, 0.1) is 5.41 Å². The summed E-state index contributed by atoms with van der Waals surface area (Å²) in [5.74, 6) is -1.04. The summed E-state index contributed by atoms with van der Waals surface area (Å²) in [6.45, 7) is 2.93. The number of sulfone groups is 1. The van der Waals surface area contributed by atoms with Crippen molar-refractivity contribution in [2.75, 3.05) is 11.1 Å². The number of hydrogen-bond donors (Lipinski definition) is 3. The van der Waals surface area contributed by atoms with Crippen LogP contribution in [-0.4, -0.2) is 40.6 Å². The Morgan fingerprint density at radius 3 is 2.76 bits per heavy atom. The highest BCUT2D eigenvalue weighted by molar-refractivity contribution is 7.93. The Kier molecular flexibility index (Phi) is 5.70. The van der Waals surface area contributed by atoms with Crippen molar-refractivity contribution < 1.29 is 13.2 Å². The van der Waals surface area contributed by atoms with E-state index >= 15 is 0 Å². The zero-order valence-corrected chi connectivity index (χ0v) is 17.3. The van der Waals surface area contributed by atoms with E-state index in [0.717, 1.165) is 30.4 Å². The predicted molar refractivity (Wildman–Crippen MR) is 112 cm³/mol. The van der Waals surface area contributed by atoms with E-state index < -0.39 is 14.6 Å². The Morgan fingerprint density at radius 2 is 2.10 bits per heavy atom. The van der Waals surface area contributed by atoms with Gasteiger partial charge in [0.1, 0.15) is 16.3 Å². The molecule has 8 nitrogen and oxygen atoms in total. The number of nitrogens with zero attached hydrogens (tertiary/aromatic N) is 2. The molecule has 0 bridgehead atoms. The number of aromatic nitrogens is 2. The van der Waals surface area contributed by atoms with E-state index in [1.807, 2.05) is 18.2 Å². The average Bonchev–Trinajstić information content (AvgIpc) is 2.68. The predicted octanol–water partition coefficient (Wildman–Crippen LogP) is 2.28. The number of nitrogens with two attached hydrogens (primary N) is 1. The second-order valence-electron chi connectivity index (χ2n) is 7.75. The Morgan fingerprint density at radius 1 is 1.34 bits per heavy atom. The number of carbonyl (C=O) groups excluding carboxylic acids is 1. The first-order valence-corrected chi connectivity index (χ1v) is 11.0. The van der Waals surface area contributed by atoms with Gasteiger partial charge in [-0.25, -0.2) is 13.4 Å². The topological polar surface area (TPSA) is 139 Å². The quantitative estimate of drug-likeness (QED) is 0.488. The minimum atomic E-state index is -3.64. The molecule has 0 saturated carbocycles. The lowest BCUT2D eigenvalue weighted by Crippen LogP contribution is -2.46. The Bertz CT molecular complexity index is 1040. The number of anilines is 1. The number of carbonyl (C=O) groups is 1. The van der Waals surface area contributed by atoms with Crippen molar-refractivity contribution in [2.45, 2.75) is 43.8 Å². The van der Waals surface area contributed by atoms with E-state index in [4.69, 9.17) is 11.1 Å². The maximum Gasteiger partial charge on any atom is 0.275 e. The molecule has 0 radical (unpaired) electrons. The van der Waals surface area contributed by atoms with Crippen LogP contribution >= 0.6 is 0 Å². The largest absolute Gasteiger partial charge is 0.386 e. The van der Waals surface area contributed by atoms with E-state index in [-0.39, 0.29) is 29.1 Å². The van der Waals surface area contributed by atoms with Crippen molar-refractivity contribution in [3.8, 4) is 0 Å². The van der Waals surface area contributed by atoms with Gasteiger partial charge in [0.15, 0.2) is 9.84 Å². The van der Waals surface area contributed by atoms with Gasteiger partial charge in [-0.2, -0.15) is 0 Å². The second kappa shape index (κ2) is 7.90. The summed E-state index contributed by atoms with van der Waals surface area (Å²) in [7, 11) is -3.64. The van der Waals surface area contributed by atoms with Gasteiger partial charge in [0, 0.05) is 18.1 Å². The Hall–Kier alpha value is -2.81. The number of nitrogens with one attached hydrogen (secondary N) is 2. The number of rotatable bonds is 6. The third-order valence-corrected chi connectivity index (χ3v) is 8.10. The zero-order chi connectivity index (χ0) is 21.2. The van der Waals surface area contributed by atoms with Gasteiger partial charge in [-0.05, 0) is 62.3 Å². The smallest absolute Gasteiger partial charge is 0.275 e. The van der Waals surface area contributed by atoms with E-state index in [2.05, 4.69) is 15.3 Å². The third kappa shape index (κ3) is 4.29. The molecule has 1 atom stereocenters. The number of aryl methyl sites for hydroxylation is 1. The normalized spacial score (nSPS) is 16.7. The lowest BCUT2D eigenvalue weighted by atomic mass is 9.83. The lowest BCUT2D eigenvalue weighted by Gasteiger charge is -2.30. The molecule has 1 amide bonds. The molecule has 1 aromatic heterocycles. The van der Waals surface area contributed by atoms with E-state index in [1.165, 1.54) is 32.4 Å². The maximum absolute atomic E-state index is 12.9. The van der Waals surface area contributed by atoms with Crippen LogP contribution in [0.3, 0.4) is 0 Å². The van der Waals surface area contributed by atoms with Gasteiger partial charge in [0.2, 0.25) is 0 Å². The SMILES string of the molecule is CC(C)(C(=N)N)S(=O)(=O)CC1CCCc2ccc(NC(=O)c3cnccn3)cc21. The Labute approximate surface area is 170 Å². The third-order valence-electron chi connectivity index (χ3n) is 5.48.